The van der Waals surface area contributed by atoms with Crippen LogP contribution in [0.2, 0.25) is 0 Å². The van der Waals surface area contributed by atoms with E-state index in [2.05, 4.69) is 41.3 Å². The molecule has 0 fully saturated rings. The quantitative estimate of drug-likeness (QED) is 0.165. The molecular weight excluding hydrogens is 532 g/mol. The molecular formula is C32H40N6O4. The molecule has 0 aliphatic heterocycles. The first kappa shape index (κ1) is 30.7. The number of aliphatic hydroxyl groups excluding tert-OH is 2. The number of hydrogen-bond acceptors (Lipinski definition) is 7. The van der Waals surface area contributed by atoms with E-state index < -0.39 is 6.03 Å². The number of rotatable bonds is 13. The summed E-state index contributed by atoms with van der Waals surface area (Å²) in [4.78, 5) is 19.3. The van der Waals surface area contributed by atoms with Gasteiger partial charge < -0.3 is 20.3 Å². The Morgan fingerprint density at radius 3 is 2.21 bits per heavy atom. The van der Waals surface area contributed by atoms with Gasteiger partial charge in [-0.05, 0) is 66.9 Å². The van der Waals surface area contributed by atoms with Gasteiger partial charge in [-0.1, -0.05) is 32.9 Å². The fraction of sp³-hybridized carbons (Fsp3) is 0.344. The Hall–Kier alpha value is -4.25. The van der Waals surface area contributed by atoms with Gasteiger partial charge in [0.1, 0.15) is 17.3 Å². The topological polar surface area (TPSA) is 125 Å². The Morgan fingerprint density at radius 2 is 1.62 bits per heavy atom. The van der Waals surface area contributed by atoms with Crippen LogP contribution in [-0.4, -0.2) is 62.2 Å². The third-order valence-electron chi connectivity index (χ3n) is 6.55. The number of aromatic nitrogens is 3. The predicted molar refractivity (Wildman–Crippen MR) is 164 cm³/mol. The van der Waals surface area contributed by atoms with Crippen LogP contribution in [0, 0.1) is 0 Å². The van der Waals surface area contributed by atoms with Crippen LogP contribution in [0.15, 0.2) is 79.1 Å². The molecule has 2 aromatic heterocycles. The van der Waals surface area contributed by atoms with Gasteiger partial charge in [0.05, 0.1) is 17.6 Å². The molecule has 0 radical (unpaired) electrons. The zero-order chi connectivity index (χ0) is 30.0. The van der Waals surface area contributed by atoms with Crippen LogP contribution in [0.3, 0.4) is 0 Å². The summed E-state index contributed by atoms with van der Waals surface area (Å²) >= 11 is 0. The van der Waals surface area contributed by atoms with Crippen LogP contribution in [-0.2, 0) is 12.0 Å². The van der Waals surface area contributed by atoms with Gasteiger partial charge in [-0.3, -0.25) is 15.2 Å². The number of ether oxygens (including phenoxy) is 1. The lowest BCUT2D eigenvalue weighted by atomic mass is 9.92. The molecule has 0 spiro atoms. The van der Waals surface area contributed by atoms with Crippen molar-refractivity contribution < 1.29 is 19.7 Å². The maximum absolute atomic E-state index is 13.0. The smallest absolute Gasteiger partial charge is 0.324 e. The van der Waals surface area contributed by atoms with Crippen LogP contribution in [0.5, 0.6) is 11.5 Å². The van der Waals surface area contributed by atoms with E-state index in [-0.39, 0.29) is 18.6 Å². The SMILES string of the molecule is CC(C)(C)c1cc(NC(=O)Nc2ccc(Oc3cccnc3)cc2)n(-c2ccc(CN(CCCO)CCCO)cc2)n1. The van der Waals surface area contributed by atoms with Gasteiger partial charge in [0.15, 0.2) is 0 Å². The van der Waals surface area contributed by atoms with Gasteiger partial charge in [0.2, 0.25) is 0 Å². The molecule has 0 saturated heterocycles. The third kappa shape index (κ3) is 8.87. The van der Waals surface area contributed by atoms with Crippen LogP contribution in [0.25, 0.3) is 5.69 Å². The molecule has 0 unspecified atom stereocenters. The summed E-state index contributed by atoms with van der Waals surface area (Å²) in [7, 11) is 0. The summed E-state index contributed by atoms with van der Waals surface area (Å²) in [5, 5.41) is 29.1. The van der Waals surface area contributed by atoms with Crippen molar-refractivity contribution in [3.8, 4) is 17.2 Å². The van der Waals surface area contributed by atoms with Gasteiger partial charge in [-0.15, -0.1) is 0 Å². The molecule has 42 heavy (non-hydrogen) atoms. The first-order chi connectivity index (χ1) is 20.2. The first-order valence-corrected chi connectivity index (χ1v) is 14.1. The van der Waals surface area contributed by atoms with Crippen molar-refractivity contribution >= 4 is 17.5 Å². The van der Waals surface area contributed by atoms with E-state index in [4.69, 9.17) is 9.84 Å². The number of benzene rings is 2. The van der Waals surface area contributed by atoms with Crippen LogP contribution < -0.4 is 15.4 Å². The average molecular weight is 573 g/mol. The Morgan fingerprint density at radius 1 is 0.929 bits per heavy atom. The number of anilines is 2. The minimum atomic E-state index is -0.391. The van der Waals surface area contributed by atoms with Gasteiger partial charge in [-0.2, -0.15) is 5.10 Å². The predicted octanol–water partition coefficient (Wildman–Crippen LogP) is 5.57. The van der Waals surface area contributed by atoms with E-state index in [1.165, 1.54) is 0 Å². The van der Waals surface area contributed by atoms with Gasteiger partial charge in [0, 0.05) is 56.2 Å². The molecule has 0 atom stereocenters. The molecule has 2 heterocycles. The number of urea groups is 1. The zero-order valence-corrected chi connectivity index (χ0v) is 24.5. The second kappa shape index (κ2) is 14.6. The molecule has 4 aromatic rings. The monoisotopic (exact) mass is 572 g/mol. The molecule has 10 heteroatoms. The lowest BCUT2D eigenvalue weighted by molar-refractivity contribution is 0.196. The number of carbonyl (C=O) groups is 1. The van der Waals surface area contributed by atoms with E-state index in [9.17, 15) is 15.0 Å². The number of nitrogens with one attached hydrogen (secondary N) is 2. The fourth-order valence-electron chi connectivity index (χ4n) is 4.32. The Kier molecular flexibility index (Phi) is 10.7. The zero-order valence-electron chi connectivity index (χ0n) is 24.5. The minimum Gasteiger partial charge on any atom is -0.456 e. The van der Waals surface area contributed by atoms with Crippen molar-refractivity contribution in [2.24, 2.45) is 0 Å². The number of nitrogens with zero attached hydrogens (tertiary/aromatic N) is 4. The molecule has 0 aliphatic carbocycles. The Balaban J connectivity index is 1.46. The number of hydrogen-bond donors (Lipinski definition) is 4. The lowest BCUT2D eigenvalue weighted by Crippen LogP contribution is -2.26. The second-order valence-corrected chi connectivity index (χ2v) is 11.1. The van der Waals surface area contributed by atoms with Crippen molar-refractivity contribution in [2.75, 3.05) is 36.9 Å². The molecule has 10 nitrogen and oxygen atoms in total. The van der Waals surface area contributed by atoms with Crippen LogP contribution in [0.1, 0.15) is 44.9 Å². The molecule has 0 saturated carbocycles. The third-order valence-corrected chi connectivity index (χ3v) is 6.55. The van der Waals surface area contributed by atoms with Crippen molar-refractivity contribution in [1.82, 2.24) is 19.7 Å². The molecule has 4 N–H and O–H groups in total. The molecule has 4 rings (SSSR count). The van der Waals surface area contributed by atoms with E-state index in [1.54, 1.807) is 47.4 Å². The van der Waals surface area contributed by atoms with E-state index in [0.29, 0.717) is 42.4 Å². The highest BCUT2D eigenvalue weighted by molar-refractivity contribution is 5.99. The highest BCUT2D eigenvalue weighted by Crippen LogP contribution is 2.27. The highest BCUT2D eigenvalue weighted by Gasteiger charge is 2.22. The second-order valence-electron chi connectivity index (χ2n) is 11.1. The van der Waals surface area contributed by atoms with Crippen molar-refractivity contribution in [2.45, 2.75) is 45.6 Å². The summed E-state index contributed by atoms with van der Waals surface area (Å²) in [6.45, 7) is 8.75. The minimum absolute atomic E-state index is 0.138. The van der Waals surface area contributed by atoms with Crippen molar-refractivity contribution in [3.63, 3.8) is 0 Å². The number of carbonyl (C=O) groups excluding carboxylic acids is 1. The number of pyridine rings is 1. The molecule has 0 aliphatic rings. The maximum atomic E-state index is 13.0. The van der Waals surface area contributed by atoms with Gasteiger partial charge in [0.25, 0.3) is 0 Å². The number of aliphatic hydroxyl groups is 2. The summed E-state index contributed by atoms with van der Waals surface area (Å²) in [6.07, 6.45) is 4.69. The van der Waals surface area contributed by atoms with Crippen molar-refractivity contribution in [3.05, 3.63) is 90.4 Å². The van der Waals surface area contributed by atoms with Crippen LogP contribution >= 0.6 is 0 Å². The van der Waals surface area contributed by atoms with Gasteiger partial charge in [-0.25, -0.2) is 9.48 Å². The average Bonchev–Trinajstić information content (AvgIpc) is 3.40. The summed E-state index contributed by atoms with van der Waals surface area (Å²) in [5.41, 5.74) is 3.17. The van der Waals surface area contributed by atoms with Crippen LogP contribution in [0.4, 0.5) is 16.3 Å². The molecule has 2 amide bonds. The maximum Gasteiger partial charge on any atom is 0.324 e. The van der Waals surface area contributed by atoms with E-state index >= 15 is 0 Å². The largest absolute Gasteiger partial charge is 0.456 e. The standard InChI is InChI=1S/C32H40N6O4/c1-32(2,3)29-21-30(35-31(41)34-25-10-14-27(15-11-25)42-28-7-4-16-33-22-28)38(36-29)26-12-8-24(9-13-26)23-37(17-5-19-39)18-6-20-40/h4,7-16,21-22,39-40H,5-6,17-20,23H2,1-3H3,(H2,34,35,41). The Bertz CT molecular complexity index is 1390. The summed E-state index contributed by atoms with van der Waals surface area (Å²) < 4.78 is 7.51. The summed E-state index contributed by atoms with van der Waals surface area (Å²) in [6, 6.07) is 20.3. The highest BCUT2D eigenvalue weighted by atomic mass is 16.5. The van der Waals surface area contributed by atoms with Gasteiger partial charge >= 0.3 is 6.03 Å². The Labute approximate surface area is 247 Å². The summed E-state index contributed by atoms with van der Waals surface area (Å²) in [5.74, 6) is 1.82. The molecule has 2 aromatic carbocycles. The lowest BCUT2D eigenvalue weighted by Gasteiger charge is -2.22. The van der Waals surface area contributed by atoms with E-state index in [0.717, 1.165) is 30.0 Å². The fourth-order valence-corrected chi connectivity index (χ4v) is 4.32. The number of amides is 2. The molecule has 222 valence electrons. The molecule has 0 bridgehead atoms. The van der Waals surface area contributed by atoms with E-state index in [1.807, 2.05) is 36.4 Å². The normalized spacial score (nSPS) is 11.5. The van der Waals surface area contributed by atoms with Crippen molar-refractivity contribution in [1.29, 1.82) is 0 Å². The first-order valence-electron chi connectivity index (χ1n) is 14.1.